The van der Waals surface area contributed by atoms with E-state index in [1.54, 1.807) is 0 Å². The summed E-state index contributed by atoms with van der Waals surface area (Å²) in [5.41, 5.74) is 0. The predicted octanol–water partition coefficient (Wildman–Crippen LogP) is 1.49. The Morgan fingerprint density at radius 2 is 1.86 bits per heavy atom. The molecule has 1 saturated heterocycles. The molecule has 2 rings (SSSR count). The first-order chi connectivity index (χ1) is 6.79. The van der Waals surface area contributed by atoms with Crippen molar-refractivity contribution in [3.63, 3.8) is 0 Å². The number of aliphatic carboxylic acids is 1. The van der Waals surface area contributed by atoms with E-state index in [2.05, 4.69) is 5.32 Å². The molecular weight excluding hydrogens is 178 g/mol. The highest BCUT2D eigenvalue weighted by Gasteiger charge is 2.37. The molecule has 2 aliphatic rings. The Hall–Kier alpha value is -0.570. The summed E-state index contributed by atoms with van der Waals surface area (Å²) in [7, 11) is 0. The molecule has 2 fully saturated rings. The molecule has 0 unspecified atom stereocenters. The van der Waals surface area contributed by atoms with Crippen LogP contribution in [0.2, 0.25) is 0 Å². The van der Waals surface area contributed by atoms with Gasteiger partial charge in [0.15, 0.2) is 0 Å². The Morgan fingerprint density at radius 3 is 2.50 bits per heavy atom. The molecule has 0 aromatic rings. The van der Waals surface area contributed by atoms with Crippen molar-refractivity contribution in [2.24, 2.45) is 17.8 Å². The SMILES string of the molecule is O=C(O)[C@@H]1CNC[C@H]1C1CCCCC1. The van der Waals surface area contributed by atoms with Crippen LogP contribution in [-0.2, 0) is 4.79 Å². The molecule has 0 aromatic heterocycles. The molecule has 80 valence electrons. The van der Waals surface area contributed by atoms with E-state index in [4.69, 9.17) is 5.11 Å². The second-order valence-corrected chi connectivity index (χ2v) is 4.66. The summed E-state index contributed by atoms with van der Waals surface area (Å²) in [6.45, 7) is 1.60. The van der Waals surface area contributed by atoms with Gasteiger partial charge in [0.2, 0.25) is 0 Å². The average molecular weight is 197 g/mol. The summed E-state index contributed by atoms with van der Waals surface area (Å²) in [6.07, 6.45) is 6.43. The fourth-order valence-corrected chi connectivity index (χ4v) is 3.03. The maximum absolute atomic E-state index is 11.0. The minimum absolute atomic E-state index is 0.127. The summed E-state index contributed by atoms with van der Waals surface area (Å²) < 4.78 is 0. The van der Waals surface area contributed by atoms with Crippen molar-refractivity contribution in [1.82, 2.24) is 5.32 Å². The lowest BCUT2D eigenvalue weighted by atomic mass is 9.75. The number of carbonyl (C=O) groups is 1. The van der Waals surface area contributed by atoms with Gasteiger partial charge in [0.05, 0.1) is 5.92 Å². The zero-order chi connectivity index (χ0) is 9.97. The van der Waals surface area contributed by atoms with E-state index < -0.39 is 5.97 Å². The number of rotatable bonds is 2. The van der Waals surface area contributed by atoms with Gasteiger partial charge in [0.25, 0.3) is 0 Å². The fraction of sp³-hybridized carbons (Fsp3) is 0.909. The third-order valence-corrected chi connectivity index (χ3v) is 3.83. The Kier molecular flexibility index (Phi) is 3.06. The third-order valence-electron chi connectivity index (χ3n) is 3.83. The lowest BCUT2D eigenvalue weighted by molar-refractivity contribution is -0.143. The molecule has 0 bridgehead atoms. The topological polar surface area (TPSA) is 49.3 Å². The Bertz CT molecular complexity index is 211. The number of hydrogen-bond donors (Lipinski definition) is 2. The smallest absolute Gasteiger partial charge is 0.308 e. The highest BCUT2D eigenvalue weighted by molar-refractivity contribution is 5.71. The second-order valence-electron chi connectivity index (χ2n) is 4.66. The van der Waals surface area contributed by atoms with Gasteiger partial charge < -0.3 is 10.4 Å². The lowest BCUT2D eigenvalue weighted by Gasteiger charge is -2.29. The molecule has 1 aliphatic heterocycles. The van der Waals surface area contributed by atoms with Crippen LogP contribution in [0.1, 0.15) is 32.1 Å². The Labute approximate surface area is 84.9 Å². The van der Waals surface area contributed by atoms with Crippen LogP contribution in [-0.4, -0.2) is 24.2 Å². The molecule has 2 N–H and O–H groups in total. The molecule has 1 heterocycles. The van der Waals surface area contributed by atoms with E-state index in [0.717, 1.165) is 6.54 Å². The van der Waals surface area contributed by atoms with Crippen LogP contribution in [0.3, 0.4) is 0 Å². The molecule has 0 amide bonds. The van der Waals surface area contributed by atoms with Crippen molar-refractivity contribution >= 4 is 5.97 Å². The zero-order valence-corrected chi connectivity index (χ0v) is 8.54. The van der Waals surface area contributed by atoms with Gasteiger partial charge in [0, 0.05) is 6.54 Å². The van der Waals surface area contributed by atoms with Gasteiger partial charge in [0.1, 0.15) is 0 Å². The zero-order valence-electron chi connectivity index (χ0n) is 8.54. The van der Waals surface area contributed by atoms with Crippen LogP contribution < -0.4 is 5.32 Å². The molecule has 2 atom stereocenters. The molecule has 0 aromatic carbocycles. The summed E-state index contributed by atoms with van der Waals surface area (Å²) >= 11 is 0. The van der Waals surface area contributed by atoms with Crippen molar-refractivity contribution in [2.45, 2.75) is 32.1 Å². The molecule has 3 heteroatoms. The average Bonchev–Trinajstić information content (AvgIpc) is 2.67. The summed E-state index contributed by atoms with van der Waals surface area (Å²) in [5.74, 6) is 0.330. The Balaban J connectivity index is 1.97. The summed E-state index contributed by atoms with van der Waals surface area (Å²) in [4.78, 5) is 11.0. The number of carboxylic acid groups (broad SMARTS) is 1. The first kappa shape index (κ1) is 9.97. The molecule has 0 radical (unpaired) electrons. The molecule has 14 heavy (non-hydrogen) atoms. The standard InChI is InChI=1S/C11H19NO2/c13-11(14)10-7-12-6-9(10)8-4-2-1-3-5-8/h8-10,12H,1-7H2,(H,13,14)/t9-,10+/m0/s1. The minimum Gasteiger partial charge on any atom is -0.481 e. The quantitative estimate of drug-likeness (QED) is 0.705. The third kappa shape index (κ3) is 1.92. The Morgan fingerprint density at radius 1 is 1.14 bits per heavy atom. The predicted molar refractivity (Wildman–Crippen MR) is 54.1 cm³/mol. The first-order valence-corrected chi connectivity index (χ1v) is 5.72. The lowest BCUT2D eigenvalue weighted by Crippen LogP contribution is -2.29. The number of hydrogen-bond acceptors (Lipinski definition) is 2. The van der Waals surface area contributed by atoms with Gasteiger partial charge in [-0.2, -0.15) is 0 Å². The van der Waals surface area contributed by atoms with Crippen LogP contribution in [0.4, 0.5) is 0 Å². The maximum Gasteiger partial charge on any atom is 0.308 e. The summed E-state index contributed by atoms with van der Waals surface area (Å²) in [6, 6.07) is 0. The molecule has 1 saturated carbocycles. The van der Waals surface area contributed by atoms with E-state index in [-0.39, 0.29) is 5.92 Å². The normalized spacial score (nSPS) is 34.6. The van der Waals surface area contributed by atoms with Crippen LogP contribution in [0, 0.1) is 17.8 Å². The van der Waals surface area contributed by atoms with Gasteiger partial charge in [-0.1, -0.05) is 32.1 Å². The van der Waals surface area contributed by atoms with Crippen molar-refractivity contribution in [1.29, 1.82) is 0 Å². The van der Waals surface area contributed by atoms with E-state index >= 15 is 0 Å². The molecule has 1 aliphatic carbocycles. The van der Waals surface area contributed by atoms with Crippen molar-refractivity contribution in [3.8, 4) is 0 Å². The highest BCUT2D eigenvalue weighted by atomic mass is 16.4. The monoisotopic (exact) mass is 197 g/mol. The summed E-state index contributed by atoms with van der Waals surface area (Å²) in [5, 5.41) is 12.3. The number of carboxylic acids is 1. The number of nitrogens with one attached hydrogen (secondary N) is 1. The molecular formula is C11H19NO2. The van der Waals surface area contributed by atoms with Crippen LogP contribution in [0.25, 0.3) is 0 Å². The van der Waals surface area contributed by atoms with Gasteiger partial charge in [-0.3, -0.25) is 4.79 Å². The van der Waals surface area contributed by atoms with E-state index in [9.17, 15) is 4.79 Å². The van der Waals surface area contributed by atoms with Crippen LogP contribution in [0.15, 0.2) is 0 Å². The van der Waals surface area contributed by atoms with Gasteiger partial charge in [-0.15, -0.1) is 0 Å². The van der Waals surface area contributed by atoms with Crippen LogP contribution >= 0.6 is 0 Å². The van der Waals surface area contributed by atoms with Gasteiger partial charge in [-0.25, -0.2) is 0 Å². The van der Waals surface area contributed by atoms with E-state index in [0.29, 0.717) is 18.4 Å². The van der Waals surface area contributed by atoms with Crippen molar-refractivity contribution < 1.29 is 9.90 Å². The van der Waals surface area contributed by atoms with Gasteiger partial charge in [-0.05, 0) is 18.4 Å². The molecule has 3 nitrogen and oxygen atoms in total. The fourth-order valence-electron chi connectivity index (χ4n) is 3.03. The molecule has 0 spiro atoms. The van der Waals surface area contributed by atoms with Gasteiger partial charge >= 0.3 is 5.97 Å². The van der Waals surface area contributed by atoms with E-state index in [1.165, 1.54) is 32.1 Å². The second kappa shape index (κ2) is 4.30. The van der Waals surface area contributed by atoms with Crippen molar-refractivity contribution in [3.05, 3.63) is 0 Å². The largest absolute Gasteiger partial charge is 0.481 e. The van der Waals surface area contributed by atoms with Crippen LogP contribution in [0.5, 0.6) is 0 Å². The highest BCUT2D eigenvalue weighted by Crippen LogP contribution is 2.35. The first-order valence-electron chi connectivity index (χ1n) is 5.72. The minimum atomic E-state index is -0.606. The maximum atomic E-state index is 11.0. The van der Waals surface area contributed by atoms with E-state index in [1.807, 2.05) is 0 Å². The van der Waals surface area contributed by atoms with Crippen molar-refractivity contribution in [2.75, 3.05) is 13.1 Å².